The Morgan fingerprint density at radius 1 is 1.23 bits per heavy atom. The predicted molar refractivity (Wildman–Crippen MR) is 105 cm³/mol. The summed E-state index contributed by atoms with van der Waals surface area (Å²) in [5.74, 6) is 0.672. The van der Waals surface area contributed by atoms with E-state index in [1.54, 1.807) is 6.07 Å². The second-order valence-electron chi connectivity index (χ2n) is 7.29. The number of hydrogen-bond donors (Lipinski definition) is 1. The highest BCUT2D eigenvalue weighted by molar-refractivity contribution is 5.91. The molecule has 0 amide bonds. The van der Waals surface area contributed by atoms with Gasteiger partial charge in [0.25, 0.3) is 6.43 Å². The van der Waals surface area contributed by atoms with Gasteiger partial charge in [-0.3, -0.25) is 0 Å². The van der Waals surface area contributed by atoms with E-state index in [2.05, 4.69) is 15.2 Å². The summed E-state index contributed by atoms with van der Waals surface area (Å²) >= 11 is 0. The average Bonchev–Trinajstić information content (AvgIpc) is 3.24. The number of alkyl halides is 2. The molecule has 160 valence electrons. The lowest BCUT2D eigenvalue weighted by Crippen LogP contribution is -2.24. The van der Waals surface area contributed by atoms with Crippen molar-refractivity contribution in [3.05, 3.63) is 34.9 Å². The number of fused-ring (bicyclic) bond motifs is 1. The summed E-state index contributed by atoms with van der Waals surface area (Å²) in [5.41, 5.74) is 3.18. The lowest BCUT2D eigenvalue weighted by molar-refractivity contribution is 0.0511. The maximum atomic E-state index is 13.2. The van der Waals surface area contributed by atoms with Gasteiger partial charge in [-0.25, -0.2) is 13.8 Å². The van der Waals surface area contributed by atoms with E-state index in [1.807, 2.05) is 0 Å². The smallest absolute Gasteiger partial charge is 0.263 e. The number of methoxy groups -OCH3 is 1. The van der Waals surface area contributed by atoms with Crippen LogP contribution in [0.1, 0.15) is 48.8 Å². The molecule has 1 atom stereocenters. The number of aromatic nitrogens is 2. The fourth-order valence-electron chi connectivity index (χ4n) is 3.72. The molecular formula is C21H23F2N3O4. The highest BCUT2D eigenvalue weighted by Crippen LogP contribution is 2.39. The zero-order valence-electron chi connectivity index (χ0n) is 16.6. The zero-order valence-corrected chi connectivity index (χ0v) is 16.6. The molecule has 1 fully saturated rings. The van der Waals surface area contributed by atoms with E-state index in [9.17, 15) is 13.9 Å². The van der Waals surface area contributed by atoms with Gasteiger partial charge >= 0.3 is 0 Å². The van der Waals surface area contributed by atoms with Gasteiger partial charge < -0.3 is 19.3 Å². The molecule has 0 spiro atoms. The molecule has 7 nitrogen and oxygen atoms in total. The van der Waals surface area contributed by atoms with Crippen LogP contribution in [0.5, 0.6) is 5.75 Å². The number of ether oxygens (including phenoxy) is 3. The molecule has 1 aliphatic heterocycles. The van der Waals surface area contributed by atoms with Gasteiger partial charge in [0.2, 0.25) is 0 Å². The van der Waals surface area contributed by atoms with Crippen LogP contribution in [0.2, 0.25) is 0 Å². The van der Waals surface area contributed by atoms with Gasteiger partial charge in [-0.05, 0) is 31.4 Å². The second kappa shape index (κ2) is 9.11. The molecule has 1 N–H and O–H groups in total. The van der Waals surface area contributed by atoms with Crippen LogP contribution in [0.3, 0.4) is 0 Å². The molecule has 1 aromatic carbocycles. The van der Waals surface area contributed by atoms with Crippen molar-refractivity contribution in [2.24, 2.45) is 4.99 Å². The van der Waals surface area contributed by atoms with Crippen LogP contribution in [0, 0.1) is 0 Å². The van der Waals surface area contributed by atoms with E-state index >= 15 is 0 Å². The Morgan fingerprint density at radius 3 is 2.83 bits per heavy atom. The molecule has 1 aliphatic carbocycles. The molecule has 2 aliphatic rings. The van der Waals surface area contributed by atoms with Crippen molar-refractivity contribution in [2.75, 3.05) is 13.9 Å². The average molecular weight is 419 g/mol. The van der Waals surface area contributed by atoms with E-state index in [-0.39, 0.29) is 18.1 Å². The predicted octanol–water partition coefficient (Wildman–Crippen LogP) is 4.10. The molecular weight excluding hydrogens is 396 g/mol. The van der Waals surface area contributed by atoms with Crippen LogP contribution < -0.4 is 4.74 Å². The monoisotopic (exact) mass is 419 g/mol. The molecule has 2 aromatic rings. The SMILES string of the molecule is COCOc1cc(C(F)F)ccc1-c1nnc(N=C2CCCC[C@H]2O)c2c1COC2. The Hall–Kier alpha value is -2.49. The third-order valence-electron chi connectivity index (χ3n) is 5.30. The highest BCUT2D eigenvalue weighted by Gasteiger charge is 2.26. The van der Waals surface area contributed by atoms with Crippen molar-refractivity contribution in [3.8, 4) is 17.0 Å². The van der Waals surface area contributed by atoms with E-state index in [0.29, 0.717) is 42.4 Å². The molecule has 4 rings (SSSR count). The maximum Gasteiger partial charge on any atom is 0.263 e. The van der Waals surface area contributed by atoms with E-state index < -0.39 is 12.5 Å². The van der Waals surface area contributed by atoms with Gasteiger partial charge in [0.1, 0.15) is 11.4 Å². The number of benzene rings is 1. The van der Waals surface area contributed by atoms with Crippen molar-refractivity contribution in [2.45, 2.75) is 51.4 Å². The second-order valence-corrected chi connectivity index (χ2v) is 7.29. The number of aliphatic imine (C=N–C) groups is 1. The molecule has 2 heterocycles. The minimum atomic E-state index is -2.62. The van der Waals surface area contributed by atoms with Crippen LogP contribution in [0.15, 0.2) is 23.2 Å². The molecule has 1 saturated carbocycles. The number of nitrogens with zero attached hydrogens (tertiary/aromatic N) is 3. The molecule has 0 unspecified atom stereocenters. The van der Waals surface area contributed by atoms with Crippen LogP contribution in [0.25, 0.3) is 11.3 Å². The van der Waals surface area contributed by atoms with Crippen LogP contribution in [-0.4, -0.2) is 41.0 Å². The van der Waals surface area contributed by atoms with Crippen molar-refractivity contribution >= 4 is 11.5 Å². The summed E-state index contributed by atoms with van der Waals surface area (Å²) < 4.78 is 42.4. The third kappa shape index (κ3) is 4.19. The molecule has 1 aromatic heterocycles. The zero-order chi connectivity index (χ0) is 21.1. The first-order chi connectivity index (χ1) is 14.6. The van der Waals surface area contributed by atoms with Crippen molar-refractivity contribution in [3.63, 3.8) is 0 Å². The largest absolute Gasteiger partial charge is 0.467 e. The lowest BCUT2D eigenvalue weighted by Gasteiger charge is -2.19. The summed E-state index contributed by atoms with van der Waals surface area (Å²) in [4.78, 5) is 4.58. The Balaban J connectivity index is 1.76. The summed E-state index contributed by atoms with van der Waals surface area (Å²) in [7, 11) is 1.45. The molecule has 0 bridgehead atoms. The van der Waals surface area contributed by atoms with Crippen molar-refractivity contribution < 1.29 is 28.1 Å². The first-order valence-electron chi connectivity index (χ1n) is 9.84. The van der Waals surface area contributed by atoms with Gasteiger partial charge in [-0.15, -0.1) is 10.2 Å². The molecule has 0 radical (unpaired) electrons. The normalized spacial score (nSPS) is 20.0. The van der Waals surface area contributed by atoms with Gasteiger partial charge in [0.05, 0.1) is 19.3 Å². The summed E-state index contributed by atoms with van der Waals surface area (Å²) in [5, 5.41) is 18.8. The topological polar surface area (TPSA) is 86.1 Å². The van der Waals surface area contributed by atoms with Gasteiger partial charge in [-0.1, -0.05) is 12.5 Å². The number of aliphatic hydroxyl groups is 1. The number of aliphatic hydroxyl groups excluding tert-OH is 1. The summed E-state index contributed by atoms with van der Waals surface area (Å²) in [6.07, 6.45) is 0.199. The van der Waals surface area contributed by atoms with E-state index in [4.69, 9.17) is 14.2 Å². The first kappa shape index (κ1) is 20.8. The van der Waals surface area contributed by atoms with Crippen LogP contribution in [0.4, 0.5) is 14.6 Å². The first-order valence-corrected chi connectivity index (χ1v) is 9.84. The minimum absolute atomic E-state index is 0.0879. The van der Waals surface area contributed by atoms with E-state index in [1.165, 1.54) is 19.2 Å². The molecule has 30 heavy (non-hydrogen) atoms. The Bertz CT molecular complexity index is 952. The number of hydrogen-bond acceptors (Lipinski definition) is 7. The van der Waals surface area contributed by atoms with Gasteiger partial charge in [-0.2, -0.15) is 0 Å². The van der Waals surface area contributed by atoms with Crippen molar-refractivity contribution in [1.82, 2.24) is 10.2 Å². The molecule has 0 saturated heterocycles. The number of rotatable bonds is 6. The minimum Gasteiger partial charge on any atom is -0.467 e. The van der Waals surface area contributed by atoms with Crippen LogP contribution in [-0.2, 0) is 22.7 Å². The van der Waals surface area contributed by atoms with Gasteiger partial charge in [0, 0.05) is 35.1 Å². The highest BCUT2D eigenvalue weighted by atomic mass is 19.3. The van der Waals surface area contributed by atoms with Gasteiger partial charge in [0.15, 0.2) is 12.6 Å². The van der Waals surface area contributed by atoms with Crippen molar-refractivity contribution in [1.29, 1.82) is 0 Å². The fourth-order valence-corrected chi connectivity index (χ4v) is 3.72. The fraction of sp³-hybridized carbons (Fsp3) is 0.476. The van der Waals surface area contributed by atoms with E-state index in [0.717, 1.165) is 30.4 Å². The quantitative estimate of drug-likeness (QED) is 0.710. The molecule has 9 heteroatoms. The third-order valence-corrected chi connectivity index (χ3v) is 5.30. The Kier molecular flexibility index (Phi) is 6.31. The standard InChI is InChI=1S/C21H23F2N3O4/c1-28-11-30-18-8-12(20(22)23)6-7-13(18)19-14-9-29-10-15(14)21(26-25-19)24-16-4-2-3-5-17(16)27/h6-8,17,20,27H,2-5,9-11H2,1H3/t17-/m1/s1. The van der Waals surface area contributed by atoms with Crippen LogP contribution >= 0.6 is 0 Å². The Labute approximate surface area is 172 Å². The lowest BCUT2D eigenvalue weighted by atomic mass is 9.95. The Morgan fingerprint density at radius 2 is 2.07 bits per heavy atom. The number of halogens is 2. The summed E-state index contributed by atoms with van der Waals surface area (Å²) in [6.45, 7) is 0.541. The maximum absolute atomic E-state index is 13.2. The summed E-state index contributed by atoms with van der Waals surface area (Å²) in [6, 6.07) is 4.18.